The average Bonchev–Trinajstić information content (AvgIpc) is 2.82. The Morgan fingerprint density at radius 3 is 2.75 bits per heavy atom. The predicted octanol–water partition coefficient (Wildman–Crippen LogP) is 4.37. The molecule has 0 saturated heterocycles. The second kappa shape index (κ2) is 5.16. The summed E-state index contributed by atoms with van der Waals surface area (Å²) in [5, 5.41) is 10.0. The summed E-state index contributed by atoms with van der Waals surface area (Å²) in [4.78, 5) is 4.58. The molecule has 0 unspecified atom stereocenters. The zero-order chi connectivity index (χ0) is 14.1. The number of rotatable bonds is 2. The van der Waals surface area contributed by atoms with Crippen molar-refractivity contribution in [2.45, 2.75) is 6.42 Å². The molecule has 98 valence electrons. The van der Waals surface area contributed by atoms with Crippen LogP contribution in [0.15, 0.2) is 42.6 Å². The summed E-state index contributed by atoms with van der Waals surface area (Å²) in [5.74, 6) is 0. The first-order chi connectivity index (χ1) is 9.70. The summed E-state index contributed by atoms with van der Waals surface area (Å²) in [5.41, 5.74) is 3.27. The lowest BCUT2D eigenvalue weighted by Gasteiger charge is -2.03. The molecule has 3 rings (SSSR count). The molecule has 0 amide bonds. The summed E-state index contributed by atoms with van der Waals surface area (Å²) in [6.07, 6.45) is 2.18. The van der Waals surface area contributed by atoms with Gasteiger partial charge in [-0.1, -0.05) is 35.3 Å². The molecule has 2 heterocycles. The zero-order valence-corrected chi connectivity index (χ0v) is 11.9. The van der Waals surface area contributed by atoms with Gasteiger partial charge in [0.1, 0.15) is 5.65 Å². The summed E-state index contributed by atoms with van der Waals surface area (Å²) < 4.78 is 1.92. The van der Waals surface area contributed by atoms with Crippen molar-refractivity contribution in [1.82, 2.24) is 9.38 Å². The van der Waals surface area contributed by atoms with Crippen molar-refractivity contribution >= 4 is 28.8 Å². The number of hydrogen-bond donors (Lipinski definition) is 0. The van der Waals surface area contributed by atoms with Gasteiger partial charge in [-0.3, -0.25) is 0 Å². The topological polar surface area (TPSA) is 41.1 Å². The molecule has 0 aliphatic rings. The monoisotopic (exact) mass is 301 g/mol. The molecular formula is C15H9Cl2N3. The maximum Gasteiger partial charge on any atom is 0.137 e. The highest BCUT2D eigenvalue weighted by Crippen LogP contribution is 2.30. The third kappa shape index (κ3) is 2.14. The molecule has 0 aliphatic carbocycles. The number of imidazole rings is 1. The van der Waals surface area contributed by atoms with E-state index in [2.05, 4.69) is 11.1 Å². The van der Waals surface area contributed by atoms with Gasteiger partial charge in [-0.25, -0.2) is 4.98 Å². The Kier molecular flexibility index (Phi) is 3.35. The minimum Gasteiger partial charge on any atom is -0.302 e. The van der Waals surface area contributed by atoms with Crippen LogP contribution in [0.2, 0.25) is 10.0 Å². The van der Waals surface area contributed by atoms with Crippen LogP contribution in [0.1, 0.15) is 5.69 Å². The second-order valence-corrected chi connectivity index (χ2v) is 5.11. The number of benzene rings is 1. The van der Waals surface area contributed by atoms with E-state index in [1.807, 2.05) is 34.9 Å². The van der Waals surface area contributed by atoms with Gasteiger partial charge in [0.2, 0.25) is 0 Å². The summed E-state index contributed by atoms with van der Waals surface area (Å²) in [6.45, 7) is 0. The Morgan fingerprint density at radius 1 is 1.15 bits per heavy atom. The van der Waals surface area contributed by atoms with E-state index >= 15 is 0 Å². The van der Waals surface area contributed by atoms with E-state index in [0.29, 0.717) is 10.0 Å². The Morgan fingerprint density at radius 2 is 2.00 bits per heavy atom. The fourth-order valence-corrected chi connectivity index (χ4v) is 2.46. The van der Waals surface area contributed by atoms with Gasteiger partial charge < -0.3 is 4.40 Å². The van der Waals surface area contributed by atoms with Crippen LogP contribution in [-0.4, -0.2) is 9.38 Å². The molecule has 0 bridgehead atoms. The molecule has 0 atom stereocenters. The molecule has 0 aliphatic heterocycles. The van der Waals surface area contributed by atoms with Crippen molar-refractivity contribution in [1.29, 1.82) is 5.26 Å². The summed E-state index contributed by atoms with van der Waals surface area (Å²) in [7, 11) is 0. The Balaban J connectivity index is 2.27. The van der Waals surface area contributed by atoms with Crippen LogP contribution in [0.5, 0.6) is 0 Å². The standard InChI is InChI=1S/C15H9Cl2N3/c16-11-5-4-10(9-12(11)17)15-13(6-7-18)20-8-2-1-3-14(20)19-15/h1-5,8-9H,6H2. The van der Waals surface area contributed by atoms with Gasteiger partial charge in [0.25, 0.3) is 0 Å². The van der Waals surface area contributed by atoms with E-state index < -0.39 is 0 Å². The summed E-state index contributed by atoms with van der Waals surface area (Å²) in [6, 6.07) is 13.3. The molecule has 0 spiro atoms. The van der Waals surface area contributed by atoms with Gasteiger partial charge in [0.05, 0.1) is 33.9 Å². The number of nitriles is 1. The van der Waals surface area contributed by atoms with Crippen LogP contribution >= 0.6 is 23.2 Å². The number of aromatic nitrogens is 2. The van der Waals surface area contributed by atoms with E-state index in [0.717, 1.165) is 22.6 Å². The molecule has 0 radical (unpaired) electrons. The highest BCUT2D eigenvalue weighted by Gasteiger charge is 2.14. The van der Waals surface area contributed by atoms with Crippen LogP contribution in [-0.2, 0) is 6.42 Å². The SMILES string of the molecule is N#CCc1c(-c2ccc(Cl)c(Cl)c2)nc2ccccn12. The molecule has 2 aromatic heterocycles. The number of pyridine rings is 1. The highest BCUT2D eigenvalue weighted by molar-refractivity contribution is 6.42. The van der Waals surface area contributed by atoms with E-state index in [1.54, 1.807) is 12.1 Å². The van der Waals surface area contributed by atoms with E-state index in [-0.39, 0.29) is 6.42 Å². The Bertz CT molecular complexity index is 831. The number of halogens is 2. The number of fused-ring (bicyclic) bond motifs is 1. The smallest absolute Gasteiger partial charge is 0.137 e. The van der Waals surface area contributed by atoms with E-state index in [1.165, 1.54) is 0 Å². The largest absolute Gasteiger partial charge is 0.302 e. The Hall–Kier alpha value is -2.02. The molecule has 3 nitrogen and oxygen atoms in total. The van der Waals surface area contributed by atoms with Crippen molar-refractivity contribution < 1.29 is 0 Å². The normalized spacial score (nSPS) is 10.7. The van der Waals surface area contributed by atoms with Gasteiger partial charge in [0, 0.05) is 11.8 Å². The predicted molar refractivity (Wildman–Crippen MR) is 80.0 cm³/mol. The molecule has 0 N–H and O–H groups in total. The third-order valence-electron chi connectivity index (χ3n) is 3.07. The third-order valence-corrected chi connectivity index (χ3v) is 3.81. The lowest BCUT2D eigenvalue weighted by Crippen LogP contribution is -1.92. The number of nitrogens with zero attached hydrogens (tertiary/aromatic N) is 3. The average molecular weight is 302 g/mol. The lowest BCUT2D eigenvalue weighted by atomic mass is 10.1. The zero-order valence-electron chi connectivity index (χ0n) is 10.3. The van der Waals surface area contributed by atoms with Crippen LogP contribution in [0.25, 0.3) is 16.9 Å². The second-order valence-electron chi connectivity index (χ2n) is 4.30. The van der Waals surface area contributed by atoms with Crippen molar-refractivity contribution in [2.24, 2.45) is 0 Å². The minimum absolute atomic E-state index is 0.279. The maximum atomic E-state index is 9.03. The van der Waals surface area contributed by atoms with E-state index in [4.69, 9.17) is 28.5 Å². The number of hydrogen-bond acceptors (Lipinski definition) is 2. The Labute approximate surface area is 126 Å². The van der Waals surface area contributed by atoms with Gasteiger partial charge in [-0.05, 0) is 24.3 Å². The molecule has 20 heavy (non-hydrogen) atoms. The van der Waals surface area contributed by atoms with Gasteiger partial charge in [0.15, 0.2) is 0 Å². The molecular weight excluding hydrogens is 293 g/mol. The fraction of sp³-hybridized carbons (Fsp3) is 0.0667. The lowest BCUT2D eigenvalue weighted by molar-refractivity contribution is 1.06. The molecule has 3 aromatic rings. The van der Waals surface area contributed by atoms with Crippen molar-refractivity contribution in [3.05, 3.63) is 58.3 Å². The molecule has 5 heteroatoms. The van der Waals surface area contributed by atoms with Crippen molar-refractivity contribution in [2.75, 3.05) is 0 Å². The van der Waals surface area contributed by atoms with Gasteiger partial charge in [-0.15, -0.1) is 0 Å². The molecule has 1 aromatic carbocycles. The quantitative estimate of drug-likeness (QED) is 0.705. The van der Waals surface area contributed by atoms with Crippen molar-refractivity contribution in [3.63, 3.8) is 0 Å². The molecule has 0 saturated carbocycles. The fourth-order valence-electron chi connectivity index (χ4n) is 2.16. The first-order valence-corrected chi connectivity index (χ1v) is 6.74. The van der Waals surface area contributed by atoms with Crippen LogP contribution in [0.4, 0.5) is 0 Å². The van der Waals surface area contributed by atoms with Crippen molar-refractivity contribution in [3.8, 4) is 17.3 Å². The van der Waals surface area contributed by atoms with Gasteiger partial charge in [-0.2, -0.15) is 5.26 Å². The van der Waals surface area contributed by atoms with Crippen LogP contribution in [0.3, 0.4) is 0 Å². The summed E-state index contributed by atoms with van der Waals surface area (Å²) >= 11 is 12.0. The van der Waals surface area contributed by atoms with Gasteiger partial charge >= 0.3 is 0 Å². The van der Waals surface area contributed by atoms with E-state index in [9.17, 15) is 0 Å². The minimum atomic E-state index is 0.279. The first-order valence-electron chi connectivity index (χ1n) is 5.99. The van der Waals surface area contributed by atoms with Crippen LogP contribution < -0.4 is 0 Å². The first kappa shape index (κ1) is 13.0. The highest BCUT2D eigenvalue weighted by atomic mass is 35.5. The maximum absolute atomic E-state index is 9.03. The van der Waals surface area contributed by atoms with Crippen LogP contribution in [0, 0.1) is 11.3 Å². The molecule has 0 fully saturated rings.